The minimum atomic E-state index is -0.848. The van der Waals surface area contributed by atoms with Crippen molar-refractivity contribution in [2.45, 2.75) is 45.1 Å². The van der Waals surface area contributed by atoms with Crippen LogP contribution in [-0.2, 0) is 4.79 Å². The van der Waals surface area contributed by atoms with Crippen molar-refractivity contribution in [2.24, 2.45) is 11.3 Å². The quantitative estimate of drug-likeness (QED) is 0.722. The smallest absolute Gasteiger partial charge is 0.317 e. The van der Waals surface area contributed by atoms with Crippen LogP contribution in [0.15, 0.2) is 0 Å². The Morgan fingerprint density at radius 2 is 1.95 bits per heavy atom. The average molecular weight is 284 g/mol. The second kappa shape index (κ2) is 5.99. The molecular formula is C14H24N2O4. The number of amides is 2. The molecule has 20 heavy (non-hydrogen) atoms. The molecule has 0 aromatic heterocycles. The Bertz CT molecular complexity index is 379. The summed E-state index contributed by atoms with van der Waals surface area (Å²) in [6.07, 6.45) is 3.79. The molecule has 2 amide bonds. The molecule has 1 aliphatic heterocycles. The minimum Gasteiger partial charge on any atom is -0.481 e. The Kier molecular flexibility index (Phi) is 4.52. The largest absolute Gasteiger partial charge is 0.481 e. The molecule has 2 fully saturated rings. The van der Waals surface area contributed by atoms with Gasteiger partial charge in [0.05, 0.1) is 5.41 Å². The maximum atomic E-state index is 12.2. The predicted molar refractivity (Wildman–Crippen MR) is 73.3 cm³/mol. The first kappa shape index (κ1) is 15.1. The number of likely N-dealkylation sites (tertiary alicyclic amines) is 1. The standard InChI is InChI=1S/C14H24N2O4/c1-14(12(18)19)6-2-3-11(14)15-13(20)16-7-4-10(9-17)5-8-16/h10-11,17H,2-9H2,1H3,(H,15,20)(H,18,19). The highest BCUT2D eigenvalue weighted by Crippen LogP contribution is 2.38. The van der Waals surface area contributed by atoms with Crippen LogP contribution in [0.4, 0.5) is 4.79 Å². The molecule has 114 valence electrons. The van der Waals surface area contributed by atoms with Gasteiger partial charge in [0.2, 0.25) is 0 Å². The molecule has 6 heteroatoms. The zero-order valence-corrected chi connectivity index (χ0v) is 12.0. The summed E-state index contributed by atoms with van der Waals surface area (Å²) in [7, 11) is 0. The van der Waals surface area contributed by atoms with Crippen molar-refractivity contribution in [3.63, 3.8) is 0 Å². The summed E-state index contributed by atoms with van der Waals surface area (Å²) >= 11 is 0. The molecule has 1 saturated heterocycles. The predicted octanol–water partition coefficient (Wildman–Crippen LogP) is 1.04. The van der Waals surface area contributed by atoms with E-state index in [2.05, 4.69) is 5.32 Å². The number of hydrogen-bond donors (Lipinski definition) is 3. The number of nitrogens with zero attached hydrogens (tertiary/aromatic N) is 1. The first-order chi connectivity index (χ1) is 9.47. The first-order valence-electron chi connectivity index (χ1n) is 7.37. The molecule has 1 aliphatic carbocycles. The van der Waals surface area contributed by atoms with E-state index in [1.807, 2.05) is 0 Å². The van der Waals surface area contributed by atoms with Gasteiger partial charge < -0.3 is 20.4 Å². The molecule has 2 unspecified atom stereocenters. The van der Waals surface area contributed by atoms with Crippen LogP contribution in [0.25, 0.3) is 0 Å². The monoisotopic (exact) mass is 284 g/mol. The molecule has 2 aliphatic rings. The van der Waals surface area contributed by atoms with E-state index < -0.39 is 11.4 Å². The van der Waals surface area contributed by atoms with E-state index in [0.717, 1.165) is 25.7 Å². The van der Waals surface area contributed by atoms with Crippen LogP contribution >= 0.6 is 0 Å². The van der Waals surface area contributed by atoms with Crippen molar-refractivity contribution >= 4 is 12.0 Å². The van der Waals surface area contributed by atoms with Gasteiger partial charge in [-0.25, -0.2) is 4.79 Å². The molecule has 0 aromatic carbocycles. The van der Waals surface area contributed by atoms with E-state index in [0.29, 0.717) is 19.5 Å². The summed E-state index contributed by atoms with van der Waals surface area (Å²) in [5, 5.41) is 21.3. The molecule has 1 saturated carbocycles. The summed E-state index contributed by atoms with van der Waals surface area (Å²) in [5.74, 6) is -0.547. The second-order valence-electron chi connectivity index (χ2n) is 6.23. The number of carboxylic acids is 1. The molecule has 1 heterocycles. The van der Waals surface area contributed by atoms with Gasteiger partial charge in [-0.05, 0) is 38.5 Å². The Labute approximate surface area is 119 Å². The lowest BCUT2D eigenvalue weighted by atomic mass is 9.85. The van der Waals surface area contributed by atoms with E-state index in [1.54, 1.807) is 11.8 Å². The first-order valence-corrected chi connectivity index (χ1v) is 7.37. The third-order valence-corrected chi connectivity index (χ3v) is 4.90. The second-order valence-corrected chi connectivity index (χ2v) is 6.23. The van der Waals surface area contributed by atoms with Crippen LogP contribution in [0.5, 0.6) is 0 Å². The summed E-state index contributed by atoms with van der Waals surface area (Å²) in [5.41, 5.74) is -0.848. The number of carbonyl (C=O) groups excluding carboxylic acids is 1. The fraction of sp³-hybridized carbons (Fsp3) is 0.857. The van der Waals surface area contributed by atoms with Gasteiger partial charge in [-0.3, -0.25) is 4.79 Å². The number of rotatable bonds is 3. The molecular weight excluding hydrogens is 260 g/mol. The number of carbonyl (C=O) groups is 2. The Morgan fingerprint density at radius 3 is 2.50 bits per heavy atom. The van der Waals surface area contributed by atoms with Gasteiger partial charge in [0.15, 0.2) is 0 Å². The highest BCUT2D eigenvalue weighted by molar-refractivity contribution is 5.79. The van der Waals surface area contributed by atoms with E-state index in [1.165, 1.54) is 0 Å². The van der Waals surface area contributed by atoms with Crippen LogP contribution in [0.3, 0.4) is 0 Å². The van der Waals surface area contributed by atoms with Gasteiger partial charge in [0.1, 0.15) is 0 Å². The van der Waals surface area contributed by atoms with Crippen molar-refractivity contribution in [3.8, 4) is 0 Å². The van der Waals surface area contributed by atoms with Crippen molar-refractivity contribution in [3.05, 3.63) is 0 Å². The lowest BCUT2D eigenvalue weighted by molar-refractivity contribution is -0.148. The fourth-order valence-electron chi connectivity index (χ4n) is 3.21. The van der Waals surface area contributed by atoms with E-state index >= 15 is 0 Å². The van der Waals surface area contributed by atoms with Crippen LogP contribution in [0.1, 0.15) is 39.0 Å². The van der Waals surface area contributed by atoms with Crippen LogP contribution in [-0.4, -0.2) is 52.9 Å². The maximum Gasteiger partial charge on any atom is 0.317 e. The highest BCUT2D eigenvalue weighted by Gasteiger charge is 2.46. The van der Waals surface area contributed by atoms with Crippen LogP contribution in [0, 0.1) is 11.3 Å². The Hall–Kier alpha value is -1.30. The summed E-state index contributed by atoms with van der Waals surface area (Å²) in [6.45, 7) is 3.15. The number of hydrogen-bond acceptors (Lipinski definition) is 3. The maximum absolute atomic E-state index is 12.2. The minimum absolute atomic E-state index is 0.166. The van der Waals surface area contributed by atoms with Crippen molar-refractivity contribution in [2.75, 3.05) is 19.7 Å². The molecule has 2 atom stereocenters. The van der Waals surface area contributed by atoms with E-state index in [4.69, 9.17) is 5.11 Å². The average Bonchev–Trinajstić information content (AvgIpc) is 2.81. The number of carboxylic acid groups (broad SMARTS) is 1. The number of aliphatic hydroxyl groups excluding tert-OH is 1. The van der Waals surface area contributed by atoms with Gasteiger partial charge in [-0.15, -0.1) is 0 Å². The number of aliphatic carboxylic acids is 1. The van der Waals surface area contributed by atoms with Crippen molar-refractivity contribution in [1.29, 1.82) is 0 Å². The van der Waals surface area contributed by atoms with Gasteiger partial charge in [0.25, 0.3) is 0 Å². The molecule has 0 spiro atoms. The van der Waals surface area contributed by atoms with Gasteiger partial charge in [-0.2, -0.15) is 0 Å². The zero-order chi connectivity index (χ0) is 14.8. The third kappa shape index (κ3) is 2.90. The zero-order valence-electron chi connectivity index (χ0n) is 12.0. The summed E-state index contributed by atoms with van der Waals surface area (Å²) in [6, 6.07) is -0.455. The molecule has 0 bridgehead atoms. The summed E-state index contributed by atoms with van der Waals surface area (Å²) < 4.78 is 0. The lowest BCUT2D eigenvalue weighted by Crippen LogP contribution is -2.53. The number of urea groups is 1. The SMILES string of the molecule is CC1(C(=O)O)CCCC1NC(=O)N1CCC(CO)CC1. The van der Waals surface area contributed by atoms with Gasteiger partial charge in [-0.1, -0.05) is 6.42 Å². The van der Waals surface area contributed by atoms with Crippen molar-refractivity contribution < 1.29 is 19.8 Å². The molecule has 0 radical (unpaired) electrons. The fourth-order valence-corrected chi connectivity index (χ4v) is 3.21. The van der Waals surface area contributed by atoms with Crippen LogP contribution in [0.2, 0.25) is 0 Å². The van der Waals surface area contributed by atoms with Gasteiger partial charge in [0, 0.05) is 25.7 Å². The number of aliphatic hydroxyl groups is 1. The van der Waals surface area contributed by atoms with Gasteiger partial charge >= 0.3 is 12.0 Å². The van der Waals surface area contributed by atoms with Crippen molar-refractivity contribution in [1.82, 2.24) is 10.2 Å². The van der Waals surface area contributed by atoms with Crippen LogP contribution < -0.4 is 5.32 Å². The lowest BCUT2D eigenvalue weighted by Gasteiger charge is -2.34. The molecule has 6 nitrogen and oxygen atoms in total. The highest BCUT2D eigenvalue weighted by atomic mass is 16.4. The molecule has 0 aromatic rings. The van der Waals surface area contributed by atoms with E-state index in [9.17, 15) is 14.7 Å². The molecule has 2 rings (SSSR count). The van der Waals surface area contributed by atoms with E-state index in [-0.39, 0.29) is 24.6 Å². The third-order valence-electron chi connectivity index (χ3n) is 4.90. The topological polar surface area (TPSA) is 89.9 Å². The Morgan fingerprint density at radius 1 is 1.30 bits per heavy atom. The normalized spacial score (nSPS) is 31.3. The number of piperidine rings is 1. The number of nitrogens with one attached hydrogen (secondary N) is 1. The Balaban J connectivity index is 1.90. The summed E-state index contributed by atoms with van der Waals surface area (Å²) in [4.78, 5) is 25.3. The molecule has 3 N–H and O–H groups in total.